The maximum Gasteiger partial charge on any atom is 0.187 e. The molecule has 84 valence electrons. The Bertz CT molecular complexity index is 530. The van der Waals surface area contributed by atoms with E-state index < -0.39 is 0 Å². The third kappa shape index (κ3) is 3.01. The average Bonchev–Trinajstić information content (AvgIpc) is 2.39. The van der Waals surface area contributed by atoms with E-state index in [-0.39, 0.29) is 11.5 Å². The van der Waals surface area contributed by atoms with E-state index in [0.29, 0.717) is 5.56 Å². The molecule has 17 heavy (non-hydrogen) atoms. The Labute approximate surface area is 99.1 Å². The molecule has 0 saturated carbocycles. The second-order valence-corrected chi connectivity index (χ2v) is 3.53. The van der Waals surface area contributed by atoms with Gasteiger partial charge in [0.15, 0.2) is 5.78 Å². The molecule has 0 aliphatic heterocycles. The molecule has 1 N–H and O–H groups in total. The molecule has 1 aromatic heterocycles. The summed E-state index contributed by atoms with van der Waals surface area (Å²) in [5, 5.41) is 9.11. The number of carbonyl (C=O) groups excluding carboxylic acids is 1. The molecule has 0 radical (unpaired) electrons. The van der Waals surface area contributed by atoms with Crippen molar-refractivity contribution in [2.75, 3.05) is 0 Å². The average molecular weight is 225 g/mol. The van der Waals surface area contributed by atoms with Gasteiger partial charge in [-0.3, -0.25) is 9.78 Å². The number of ketones is 1. The lowest BCUT2D eigenvalue weighted by atomic mass is 10.1. The summed E-state index contributed by atoms with van der Waals surface area (Å²) in [6, 6.07) is 10.1. The van der Waals surface area contributed by atoms with Crippen molar-refractivity contribution in [1.82, 2.24) is 4.98 Å². The Morgan fingerprint density at radius 2 is 1.94 bits per heavy atom. The fraction of sp³-hybridized carbons (Fsp3) is 0. The van der Waals surface area contributed by atoms with E-state index in [9.17, 15) is 4.79 Å². The number of allylic oxidation sites excluding steroid dienone is 1. The molecule has 0 aliphatic rings. The van der Waals surface area contributed by atoms with Crippen molar-refractivity contribution in [2.24, 2.45) is 0 Å². The van der Waals surface area contributed by atoms with Crippen molar-refractivity contribution in [1.29, 1.82) is 0 Å². The van der Waals surface area contributed by atoms with Crippen molar-refractivity contribution in [3.8, 4) is 5.75 Å². The van der Waals surface area contributed by atoms with Crippen LogP contribution in [0.2, 0.25) is 0 Å². The van der Waals surface area contributed by atoms with Crippen molar-refractivity contribution in [3.05, 3.63) is 66.0 Å². The number of aromatic hydroxyl groups is 1. The van der Waals surface area contributed by atoms with Gasteiger partial charge in [-0.05, 0) is 35.9 Å². The number of carbonyl (C=O) groups is 1. The van der Waals surface area contributed by atoms with E-state index in [4.69, 9.17) is 5.11 Å². The normalized spacial score (nSPS) is 10.6. The zero-order valence-electron chi connectivity index (χ0n) is 9.08. The molecule has 0 fully saturated rings. The molecule has 0 spiro atoms. The summed E-state index contributed by atoms with van der Waals surface area (Å²) >= 11 is 0. The van der Waals surface area contributed by atoms with Crippen LogP contribution in [-0.4, -0.2) is 15.9 Å². The van der Waals surface area contributed by atoms with Crippen molar-refractivity contribution in [3.63, 3.8) is 0 Å². The van der Waals surface area contributed by atoms with Crippen LogP contribution in [0.5, 0.6) is 5.75 Å². The second-order valence-electron chi connectivity index (χ2n) is 3.53. The SMILES string of the molecule is O=C(/C=C/c1ccc(O)cc1)c1cccnc1. The number of hydrogen-bond donors (Lipinski definition) is 1. The van der Waals surface area contributed by atoms with Gasteiger partial charge in [0.2, 0.25) is 0 Å². The third-order valence-electron chi connectivity index (χ3n) is 2.27. The Morgan fingerprint density at radius 3 is 2.59 bits per heavy atom. The number of pyridine rings is 1. The molecule has 0 atom stereocenters. The molecule has 0 unspecified atom stereocenters. The number of phenolic OH excluding ortho intramolecular Hbond substituents is 1. The van der Waals surface area contributed by atoms with Gasteiger partial charge < -0.3 is 5.11 Å². The molecule has 0 saturated heterocycles. The van der Waals surface area contributed by atoms with Gasteiger partial charge in [0.25, 0.3) is 0 Å². The molecule has 0 amide bonds. The highest BCUT2D eigenvalue weighted by molar-refractivity contribution is 6.06. The topological polar surface area (TPSA) is 50.2 Å². The predicted octanol–water partition coefficient (Wildman–Crippen LogP) is 2.68. The summed E-state index contributed by atoms with van der Waals surface area (Å²) < 4.78 is 0. The van der Waals surface area contributed by atoms with Crippen molar-refractivity contribution >= 4 is 11.9 Å². The highest BCUT2D eigenvalue weighted by atomic mass is 16.3. The van der Waals surface area contributed by atoms with E-state index >= 15 is 0 Å². The highest BCUT2D eigenvalue weighted by Gasteiger charge is 1.99. The van der Waals surface area contributed by atoms with Gasteiger partial charge in [-0.25, -0.2) is 0 Å². The summed E-state index contributed by atoms with van der Waals surface area (Å²) in [6.45, 7) is 0. The summed E-state index contributed by atoms with van der Waals surface area (Å²) in [4.78, 5) is 15.6. The van der Waals surface area contributed by atoms with E-state index in [0.717, 1.165) is 5.56 Å². The minimum atomic E-state index is -0.0915. The minimum Gasteiger partial charge on any atom is -0.508 e. The van der Waals surface area contributed by atoms with Crippen molar-refractivity contribution in [2.45, 2.75) is 0 Å². The summed E-state index contributed by atoms with van der Waals surface area (Å²) in [5.74, 6) is 0.118. The first-order chi connectivity index (χ1) is 8.25. The fourth-order valence-corrected chi connectivity index (χ4v) is 1.36. The van der Waals surface area contributed by atoms with Crippen LogP contribution in [-0.2, 0) is 0 Å². The van der Waals surface area contributed by atoms with E-state index in [1.807, 2.05) is 0 Å². The zero-order chi connectivity index (χ0) is 12.1. The Hall–Kier alpha value is -2.42. The van der Waals surface area contributed by atoms with Gasteiger partial charge in [-0.2, -0.15) is 0 Å². The van der Waals surface area contributed by atoms with Gasteiger partial charge in [0.1, 0.15) is 5.75 Å². The first kappa shape index (κ1) is 11.1. The van der Waals surface area contributed by atoms with Crippen molar-refractivity contribution < 1.29 is 9.90 Å². The number of benzene rings is 1. The summed E-state index contributed by atoms with van der Waals surface area (Å²) in [6.07, 6.45) is 6.35. The van der Waals surface area contributed by atoms with Gasteiger partial charge in [0.05, 0.1) is 0 Å². The molecule has 3 heteroatoms. The molecule has 0 aliphatic carbocycles. The lowest BCUT2D eigenvalue weighted by Crippen LogP contribution is -1.93. The fourth-order valence-electron chi connectivity index (χ4n) is 1.36. The lowest BCUT2D eigenvalue weighted by molar-refractivity contribution is 0.104. The lowest BCUT2D eigenvalue weighted by Gasteiger charge is -1.95. The van der Waals surface area contributed by atoms with Crippen LogP contribution in [0.4, 0.5) is 0 Å². The van der Waals surface area contributed by atoms with Gasteiger partial charge in [-0.15, -0.1) is 0 Å². The monoisotopic (exact) mass is 225 g/mol. The molecule has 1 heterocycles. The number of phenols is 1. The van der Waals surface area contributed by atoms with E-state index in [1.165, 1.54) is 12.3 Å². The maximum absolute atomic E-state index is 11.7. The van der Waals surface area contributed by atoms with Gasteiger partial charge in [-0.1, -0.05) is 18.2 Å². The molecular weight excluding hydrogens is 214 g/mol. The molecule has 0 bridgehead atoms. The Morgan fingerprint density at radius 1 is 1.18 bits per heavy atom. The molecular formula is C14H11NO2. The first-order valence-electron chi connectivity index (χ1n) is 5.17. The standard InChI is InChI=1S/C14H11NO2/c16-13-6-3-11(4-7-13)5-8-14(17)12-2-1-9-15-10-12/h1-10,16H/b8-5+. The van der Waals surface area contributed by atoms with E-state index in [2.05, 4.69) is 4.98 Å². The van der Waals surface area contributed by atoms with Crippen LogP contribution in [0, 0.1) is 0 Å². The van der Waals surface area contributed by atoms with Crippen LogP contribution < -0.4 is 0 Å². The minimum absolute atomic E-state index is 0.0915. The Kier molecular flexibility index (Phi) is 3.31. The zero-order valence-corrected chi connectivity index (χ0v) is 9.08. The van der Waals surface area contributed by atoms with Crippen LogP contribution in [0.25, 0.3) is 6.08 Å². The Balaban J connectivity index is 2.11. The highest BCUT2D eigenvalue weighted by Crippen LogP contribution is 2.11. The van der Waals surface area contributed by atoms with Crippen LogP contribution >= 0.6 is 0 Å². The number of hydrogen-bond acceptors (Lipinski definition) is 3. The van der Waals surface area contributed by atoms with Gasteiger partial charge in [0, 0.05) is 18.0 Å². The molecule has 2 rings (SSSR count). The smallest absolute Gasteiger partial charge is 0.187 e. The van der Waals surface area contributed by atoms with Gasteiger partial charge >= 0.3 is 0 Å². The van der Waals surface area contributed by atoms with Crippen LogP contribution in [0.15, 0.2) is 54.9 Å². The summed E-state index contributed by atoms with van der Waals surface area (Å²) in [7, 11) is 0. The first-order valence-corrected chi connectivity index (χ1v) is 5.17. The van der Waals surface area contributed by atoms with E-state index in [1.54, 1.807) is 48.7 Å². The number of rotatable bonds is 3. The molecule has 2 aromatic rings. The quantitative estimate of drug-likeness (QED) is 0.645. The third-order valence-corrected chi connectivity index (χ3v) is 2.27. The number of nitrogens with zero attached hydrogens (tertiary/aromatic N) is 1. The number of aromatic nitrogens is 1. The molecule has 3 nitrogen and oxygen atoms in total. The molecule has 1 aromatic carbocycles. The predicted molar refractivity (Wildman–Crippen MR) is 65.7 cm³/mol. The van der Waals surface area contributed by atoms with Crippen LogP contribution in [0.3, 0.4) is 0 Å². The maximum atomic E-state index is 11.7. The second kappa shape index (κ2) is 5.07. The van der Waals surface area contributed by atoms with Crippen LogP contribution in [0.1, 0.15) is 15.9 Å². The summed E-state index contributed by atoms with van der Waals surface area (Å²) in [5.41, 5.74) is 1.42. The largest absolute Gasteiger partial charge is 0.508 e.